The number of benzene rings is 1. The molecular weight excluding hydrogens is 330 g/mol. The van der Waals surface area contributed by atoms with Gasteiger partial charge in [-0.1, -0.05) is 24.3 Å². The lowest BCUT2D eigenvalue weighted by Gasteiger charge is -2.58. The maximum Gasteiger partial charge on any atom is 0.275 e. The minimum absolute atomic E-state index is 0.0315. The Morgan fingerprint density at radius 1 is 1.15 bits per heavy atom. The molecule has 0 N–H and O–H groups in total. The summed E-state index contributed by atoms with van der Waals surface area (Å²) in [5, 5.41) is 9.94. The fraction of sp³-hybridized carbons (Fsp3) is 0.350. The zero-order valence-corrected chi connectivity index (χ0v) is 14.3. The maximum absolute atomic E-state index is 13.3. The summed E-state index contributed by atoms with van der Waals surface area (Å²) in [6, 6.07) is 11.5. The van der Waals surface area contributed by atoms with Gasteiger partial charge in [-0.25, -0.2) is 0 Å². The normalized spacial score (nSPS) is 21.7. The summed E-state index contributed by atoms with van der Waals surface area (Å²) < 4.78 is 11.2. The van der Waals surface area contributed by atoms with Gasteiger partial charge >= 0.3 is 0 Å². The van der Waals surface area contributed by atoms with Gasteiger partial charge in [0, 0.05) is 35.9 Å². The van der Waals surface area contributed by atoms with Crippen LogP contribution < -0.4 is 0 Å². The Balaban J connectivity index is 1.53. The third-order valence-corrected chi connectivity index (χ3v) is 5.71. The fourth-order valence-corrected chi connectivity index (χ4v) is 4.36. The number of hydrogen-bond donors (Lipinski definition) is 0. The first-order valence-electron chi connectivity index (χ1n) is 8.91. The topological polar surface area (TPSA) is 68.5 Å². The van der Waals surface area contributed by atoms with E-state index in [1.165, 1.54) is 0 Å². The number of hydrogen-bond acceptors (Lipinski definition) is 5. The van der Waals surface area contributed by atoms with Gasteiger partial charge in [0.2, 0.25) is 0 Å². The van der Waals surface area contributed by atoms with Crippen molar-refractivity contribution in [2.24, 2.45) is 5.41 Å². The summed E-state index contributed by atoms with van der Waals surface area (Å²) in [5.41, 5.74) is 0.436. The largest absolute Gasteiger partial charge is 0.467 e. The van der Waals surface area contributed by atoms with Crippen LogP contribution in [-0.4, -0.2) is 40.8 Å². The Morgan fingerprint density at radius 2 is 2.00 bits per heavy atom. The minimum Gasteiger partial charge on any atom is -0.467 e. The molecule has 0 saturated carbocycles. The monoisotopic (exact) mass is 349 g/mol. The summed E-state index contributed by atoms with van der Waals surface area (Å²) in [6.07, 6.45) is 5.22. The van der Waals surface area contributed by atoms with Crippen molar-refractivity contribution in [3.8, 4) is 0 Å². The van der Waals surface area contributed by atoms with Gasteiger partial charge in [0.05, 0.1) is 18.5 Å². The van der Waals surface area contributed by atoms with Crippen molar-refractivity contribution in [2.75, 3.05) is 19.8 Å². The molecule has 132 valence electrons. The fourth-order valence-electron chi connectivity index (χ4n) is 4.36. The van der Waals surface area contributed by atoms with Crippen molar-refractivity contribution in [1.29, 1.82) is 0 Å². The predicted molar refractivity (Wildman–Crippen MR) is 94.5 cm³/mol. The summed E-state index contributed by atoms with van der Waals surface area (Å²) in [7, 11) is 0. The molecule has 2 saturated heterocycles. The number of rotatable bonds is 2. The third-order valence-electron chi connectivity index (χ3n) is 5.71. The first kappa shape index (κ1) is 15.5. The van der Waals surface area contributed by atoms with Gasteiger partial charge in [-0.05, 0) is 25.0 Å². The summed E-state index contributed by atoms with van der Waals surface area (Å²) in [5.74, 6) is 0.743. The van der Waals surface area contributed by atoms with Gasteiger partial charge in [-0.3, -0.25) is 4.79 Å². The van der Waals surface area contributed by atoms with Crippen LogP contribution in [0.4, 0.5) is 0 Å². The average molecular weight is 349 g/mol. The number of carbonyl (C=O) groups excluding carboxylic acids is 1. The van der Waals surface area contributed by atoms with E-state index in [0.29, 0.717) is 12.2 Å². The third kappa shape index (κ3) is 2.25. The maximum atomic E-state index is 13.3. The molecule has 1 atom stereocenters. The predicted octanol–water partition coefficient (Wildman–Crippen LogP) is 3.22. The van der Waals surface area contributed by atoms with E-state index in [9.17, 15) is 4.79 Å². The average Bonchev–Trinajstić information content (AvgIpc) is 3.19. The molecule has 1 spiro atoms. The quantitative estimate of drug-likeness (QED) is 0.710. The second kappa shape index (κ2) is 5.92. The Bertz CT molecular complexity index is 943. The highest BCUT2D eigenvalue weighted by molar-refractivity contribution is 6.05. The van der Waals surface area contributed by atoms with Gasteiger partial charge in [-0.2, -0.15) is 5.10 Å². The van der Waals surface area contributed by atoms with Gasteiger partial charge in [0.1, 0.15) is 5.76 Å². The SMILES string of the molecule is O=C(c1nncc2ccccc12)N1CC2(CCOCC2)C1c1ccco1. The molecule has 2 aliphatic heterocycles. The second-order valence-corrected chi connectivity index (χ2v) is 7.11. The number of carbonyl (C=O) groups is 1. The lowest BCUT2D eigenvalue weighted by molar-refractivity contribution is -0.121. The number of aromatic nitrogens is 2. The van der Waals surface area contributed by atoms with Gasteiger partial charge in [-0.15, -0.1) is 5.10 Å². The highest BCUT2D eigenvalue weighted by Crippen LogP contribution is 2.55. The molecule has 0 radical (unpaired) electrons. The molecule has 1 amide bonds. The van der Waals surface area contributed by atoms with E-state index in [4.69, 9.17) is 9.15 Å². The minimum atomic E-state index is -0.0900. The number of amides is 1. The molecule has 6 nitrogen and oxygen atoms in total. The molecule has 26 heavy (non-hydrogen) atoms. The van der Waals surface area contributed by atoms with E-state index < -0.39 is 0 Å². The summed E-state index contributed by atoms with van der Waals surface area (Å²) in [6.45, 7) is 2.16. The lowest BCUT2D eigenvalue weighted by Crippen LogP contribution is -2.62. The first-order valence-corrected chi connectivity index (χ1v) is 8.91. The molecule has 5 rings (SSSR count). The summed E-state index contributed by atoms with van der Waals surface area (Å²) >= 11 is 0. The molecule has 2 aliphatic rings. The van der Waals surface area contributed by atoms with Crippen molar-refractivity contribution in [3.63, 3.8) is 0 Å². The number of fused-ring (bicyclic) bond motifs is 1. The molecule has 2 fully saturated rings. The van der Waals surface area contributed by atoms with Gasteiger partial charge in [0.15, 0.2) is 5.69 Å². The highest BCUT2D eigenvalue weighted by atomic mass is 16.5. The van der Waals surface area contributed by atoms with Crippen molar-refractivity contribution >= 4 is 16.7 Å². The Morgan fingerprint density at radius 3 is 2.81 bits per heavy atom. The zero-order valence-electron chi connectivity index (χ0n) is 14.3. The second-order valence-electron chi connectivity index (χ2n) is 7.11. The van der Waals surface area contributed by atoms with Crippen LogP contribution in [0, 0.1) is 5.41 Å². The van der Waals surface area contributed by atoms with E-state index in [0.717, 1.165) is 42.6 Å². The van der Waals surface area contributed by atoms with Crippen LogP contribution in [0.2, 0.25) is 0 Å². The summed E-state index contributed by atoms with van der Waals surface area (Å²) in [4.78, 5) is 15.2. The van der Waals surface area contributed by atoms with Crippen LogP contribution >= 0.6 is 0 Å². The lowest BCUT2D eigenvalue weighted by atomic mass is 9.65. The standard InChI is InChI=1S/C20H19N3O3/c24-19(17-15-5-2-1-4-14(15)12-21-22-17)23-13-20(7-10-25-11-8-20)18(23)16-6-3-9-26-16/h1-6,9,12,18H,7-8,10-11,13H2. The Kier molecular flexibility index (Phi) is 3.53. The smallest absolute Gasteiger partial charge is 0.275 e. The molecule has 2 aromatic heterocycles. The molecule has 0 bridgehead atoms. The van der Waals surface area contributed by atoms with E-state index in [1.54, 1.807) is 12.5 Å². The molecular formula is C20H19N3O3. The van der Waals surface area contributed by atoms with Crippen LogP contribution in [0.1, 0.15) is 35.1 Å². The van der Waals surface area contributed by atoms with Crippen LogP contribution in [-0.2, 0) is 4.74 Å². The molecule has 6 heteroatoms. The van der Waals surface area contributed by atoms with Gasteiger partial charge in [0.25, 0.3) is 5.91 Å². The van der Waals surface area contributed by atoms with Crippen molar-refractivity contribution in [2.45, 2.75) is 18.9 Å². The zero-order chi connectivity index (χ0) is 17.6. The van der Waals surface area contributed by atoms with Crippen LogP contribution in [0.5, 0.6) is 0 Å². The number of ether oxygens (including phenoxy) is 1. The Hall–Kier alpha value is -2.73. The number of nitrogens with zero attached hydrogens (tertiary/aromatic N) is 3. The van der Waals surface area contributed by atoms with E-state index in [-0.39, 0.29) is 17.4 Å². The Labute approximate surface area is 150 Å². The van der Waals surface area contributed by atoms with E-state index in [1.807, 2.05) is 41.3 Å². The van der Waals surface area contributed by atoms with Crippen LogP contribution in [0.3, 0.4) is 0 Å². The highest BCUT2D eigenvalue weighted by Gasteiger charge is 2.57. The molecule has 4 heterocycles. The first-order chi connectivity index (χ1) is 12.8. The van der Waals surface area contributed by atoms with Crippen molar-refractivity contribution < 1.29 is 13.9 Å². The van der Waals surface area contributed by atoms with E-state index >= 15 is 0 Å². The van der Waals surface area contributed by atoms with Crippen LogP contribution in [0.15, 0.2) is 53.3 Å². The molecule has 1 aromatic carbocycles. The van der Waals surface area contributed by atoms with E-state index in [2.05, 4.69) is 10.2 Å². The van der Waals surface area contributed by atoms with Crippen LogP contribution in [0.25, 0.3) is 10.8 Å². The molecule has 1 unspecified atom stereocenters. The number of furan rings is 1. The van der Waals surface area contributed by atoms with Crippen molar-refractivity contribution in [1.82, 2.24) is 15.1 Å². The van der Waals surface area contributed by atoms with Crippen molar-refractivity contribution in [3.05, 3.63) is 60.3 Å². The molecule has 0 aliphatic carbocycles. The van der Waals surface area contributed by atoms with Gasteiger partial charge < -0.3 is 14.1 Å². The number of likely N-dealkylation sites (tertiary alicyclic amines) is 1. The molecule has 3 aromatic rings.